The molecule has 1 aromatic carbocycles. The van der Waals surface area contributed by atoms with Crippen LogP contribution in [-0.2, 0) is 0 Å². The Bertz CT molecular complexity index is 362. The number of amides is 2. The van der Waals surface area contributed by atoms with E-state index >= 15 is 0 Å². The molecule has 0 atom stereocenters. The number of anilines is 2. The quantitative estimate of drug-likeness (QED) is 0.692. The van der Waals surface area contributed by atoms with Crippen LogP contribution in [0.2, 0.25) is 0 Å². The van der Waals surface area contributed by atoms with Gasteiger partial charge in [0.2, 0.25) is 0 Å². The van der Waals surface area contributed by atoms with Gasteiger partial charge in [-0.3, -0.25) is 0 Å². The van der Waals surface area contributed by atoms with Gasteiger partial charge < -0.3 is 16.0 Å². The number of carbonyl (C=O) groups is 1. The number of hydrogen-bond donors (Lipinski definition) is 2. The van der Waals surface area contributed by atoms with Crippen molar-refractivity contribution in [2.45, 2.75) is 13.8 Å². The maximum Gasteiger partial charge on any atom is 0.321 e. The second-order valence-corrected chi connectivity index (χ2v) is 3.85. The highest BCUT2D eigenvalue weighted by Gasteiger charge is 2.09. The zero-order valence-electron chi connectivity index (χ0n) is 9.59. The highest BCUT2D eigenvalue weighted by Crippen LogP contribution is 2.23. The number of nitrogens with one attached hydrogen (secondary N) is 1. The predicted octanol–water partition coefficient (Wildman–Crippen LogP) is 1.98. The molecule has 4 nitrogen and oxygen atoms in total. The van der Waals surface area contributed by atoms with Crippen molar-refractivity contribution in [3.05, 3.63) is 23.3 Å². The summed E-state index contributed by atoms with van der Waals surface area (Å²) < 4.78 is 0. The maximum atomic E-state index is 11.5. The third kappa shape index (κ3) is 2.62. The van der Waals surface area contributed by atoms with Crippen LogP contribution in [0.3, 0.4) is 0 Å². The van der Waals surface area contributed by atoms with E-state index in [-0.39, 0.29) is 6.03 Å². The zero-order chi connectivity index (χ0) is 11.6. The van der Waals surface area contributed by atoms with Crippen LogP contribution in [0.5, 0.6) is 0 Å². The highest BCUT2D eigenvalue weighted by atomic mass is 16.2. The first-order chi connectivity index (χ1) is 6.91. The molecule has 0 aliphatic heterocycles. The van der Waals surface area contributed by atoms with Gasteiger partial charge in [0.25, 0.3) is 0 Å². The summed E-state index contributed by atoms with van der Waals surface area (Å²) in [5.74, 6) is 0. The summed E-state index contributed by atoms with van der Waals surface area (Å²) in [4.78, 5) is 13.0. The Balaban J connectivity index is 3.00. The van der Waals surface area contributed by atoms with E-state index in [1.807, 2.05) is 26.0 Å². The Morgan fingerprint density at radius 1 is 1.27 bits per heavy atom. The van der Waals surface area contributed by atoms with Gasteiger partial charge in [-0.25, -0.2) is 4.79 Å². The van der Waals surface area contributed by atoms with Crippen LogP contribution in [-0.4, -0.2) is 25.0 Å². The molecule has 4 heteroatoms. The minimum Gasteiger partial charge on any atom is -0.399 e. The highest BCUT2D eigenvalue weighted by molar-refractivity contribution is 5.91. The standard InChI is InChI=1S/C11H17N3O/c1-7-5-9(12)6-8(2)10(7)13-11(15)14(3)4/h5-6H,12H2,1-4H3,(H,13,15). The molecule has 0 aliphatic rings. The molecule has 0 saturated heterocycles. The number of hydrogen-bond acceptors (Lipinski definition) is 2. The van der Waals surface area contributed by atoms with Crippen molar-refractivity contribution in [1.29, 1.82) is 0 Å². The average molecular weight is 207 g/mol. The molecule has 0 bridgehead atoms. The summed E-state index contributed by atoms with van der Waals surface area (Å²) in [7, 11) is 3.41. The van der Waals surface area contributed by atoms with E-state index in [9.17, 15) is 4.79 Å². The summed E-state index contributed by atoms with van der Waals surface area (Å²) in [6.45, 7) is 3.85. The molecule has 0 saturated carbocycles. The van der Waals surface area contributed by atoms with E-state index in [0.29, 0.717) is 5.69 Å². The summed E-state index contributed by atoms with van der Waals surface area (Å²) >= 11 is 0. The van der Waals surface area contributed by atoms with Crippen LogP contribution in [0, 0.1) is 13.8 Å². The van der Waals surface area contributed by atoms with Crippen LogP contribution in [0.25, 0.3) is 0 Å². The Morgan fingerprint density at radius 3 is 2.13 bits per heavy atom. The van der Waals surface area contributed by atoms with E-state index in [1.54, 1.807) is 14.1 Å². The van der Waals surface area contributed by atoms with Crippen LogP contribution in [0.15, 0.2) is 12.1 Å². The Morgan fingerprint density at radius 2 is 1.73 bits per heavy atom. The van der Waals surface area contributed by atoms with Crippen molar-refractivity contribution in [3.8, 4) is 0 Å². The van der Waals surface area contributed by atoms with Crippen molar-refractivity contribution >= 4 is 17.4 Å². The Hall–Kier alpha value is -1.71. The first kappa shape index (κ1) is 11.4. The molecule has 0 spiro atoms. The van der Waals surface area contributed by atoms with Crippen molar-refractivity contribution in [1.82, 2.24) is 4.90 Å². The molecular weight excluding hydrogens is 190 g/mol. The minimum absolute atomic E-state index is 0.133. The fourth-order valence-corrected chi connectivity index (χ4v) is 1.41. The molecule has 1 rings (SSSR count). The summed E-state index contributed by atoms with van der Waals surface area (Å²) in [6.07, 6.45) is 0. The summed E-state index contributed by atoms with van der Waals surface area (Å²) in [5.41, 5.74) is 9.20. The number of nitrogens with two attached hydrogens (primary N) is 1. The van der Waals surface area contributed by atoms with E-state index in [1.165, 1.54) is 4.90 Å². The minimum atomic E-state index is -0.133. The number of nitrogen functional groups attached to an aromatic ring is 1. The normalized spacial score (nSPS) is 9.87. The fraction of sp³-hybridized carbons (Fsp3) is 0.364. The number of aryl methyl sites for hydroxylation is 2. The molecule has 0 aliphatic carbocycles. The van der Waals surface area contributed by atoms with Gasteiger partial charge in [0, 0.05) is 25.5 Å². The van der Waals surface area contributed by atoms with Crippen LogP contribution in [0.1, 0.15) is 11.1 Å². The molecular formula is C11H17N3O. The lowest BCUT2D eigenvalue weighted by Gasteiger charge is -2.16. The summed E-state index contributed by atoms with van der Waals surface area (Å²) in [5, 5.41) is 2.84. The van der Waals surface area contributed by atoms with Crippen molar-refractivity contribution in [2.24, 2.45) is 0 Å². The topological polar surface area (TPSA) is 58.4 Å². The SMILES string of the molecule is Cc1cc(N)cc(C)c1NC(=O)N(C)C. The largest absolute Gasteiger partial charge is 0.399 e. The van der Waals surface area contributed by atoms with Crippen molar-refractivity contribution in [2.75, 3.05) is 25.1 Å². The molecule has 1 aromatic rings. The van der Waals surface area contributed by atoms with Gasteiger partial charge in [-0.1, -0.05) is 0 Å². The van der Waals surface area contributed by atoms with Gasteiger partial charge in [-0.05, 0) is 37.1 Å². The third-order valence-corrected chi connectivity index (χ3v) is 2.19. The smallest absolute Gasteiger partial charge is 0.321 e. The van der Waals surface area contributed by atoms with Gasteiger partial charge in [-0.2, -0.15) is 0 Å². The molecule has 82 valence electrons. The van der Waals surface area contributed by atoms with Gasteiger partial charge in [0.1, 0.15) is 0 Å². The molecule has 3 N–H and O–H groups in total. The Labute approximate surface area is 90.1 Å². The van der Waals surface area contributed by atoms with E-state index in [4.69, 9.17) is 5.73 Å². The second-order valence-electron chi connectivity index (χ2n) is 3.85. The molecule has 0 aromatic heterocycles. The van der Waals surface area contributed by atoms with Crippen LogP contribution < -0.4 is 11.1 Å². The molecule has 2 amide bonds. The van der Waals surface area contributed by atoms with Crippen molar-refractivity contribution < 1.29 is 4.79 Å². The molecule has 15 heavy (non-hydrogen) atoms. The lowest BCUT2D eigenvalue weighted by atomic mass is 10.1. The van der Waals surface area contributed by atoms with E-state index < -0.39 is 0 Å². The van der Waals surface area contributed by atoms with Gasteiger partial charge in [0.05, 0.1) is 0 Å². The third-order valence-electron chi connectivity index (χ3n) is 2.19. The second kappa shape index (κ2) is 4.21. The molecule has 0 fully saturated rings. The monoisotopic (exact) mass is 207 g/mol. The number of carbonyl (C=O) groups excluding carboxylic acids is 1. The molecule has 0 unspecified atom stereocenters. The number of benzene rings is 1. The maximum absolute atomic E-state index is 11.5. The van der Waals surface area contributed by atoms with Gasteiger partial charge >= 0.3 is 6.03 Å². The van der Waals surface area contributed by atoms with Gasteiger partial charge in [0.15, 0.2) is 0 Å². The van der Waals surface area contributed by atoms with Gasteiger partial charge in [-0.15, -0.1) is 0 Å². The lowest BCUT2D eigenvalue weighted by molar-refractivity contribution is 0.230. The number of urea groups is 1. The van der Waals surface area contributed by atoms with Crippen molar-refractivity contribution in [3.63, 3.8) is 0 Å². The van der Waals surface area contributed by atoms with Crippen LogP contribution >= 0.6 is 0 Å². The van der Waals surface area contributed by atoms with E-state index in [0.717, 1.165) is 16.8 Å². The number of rotatable bonds is 1. The fourth-order valence-electron chi connectivity index (χ4n) is 1.41. The van der Waals surface area contributed by atoms with Crippen LogP contribution in [0.4, 0.5) is 16.2 Å². The zero-order valence-corrected chi connectivity index (χ0v) is 9.59. The first-order valence-corrected chi connectivity index (χ1v) is 4.77. The lowest BCUT2D eigenvalue weighted by Crippen LogP contribution is -2.28. The summed E-state index contributed by atoms with van der Waals surface area (Å²) in [6, 6.07) is 3.56. The Kier molecular flexibility index (Phi) is 3.19. The van der Waals surface area contributed by atoms with E-state index in [2.05, 4.69) is 5.32 Å². The molecule has 0 radical (unpaired) electrons. The molecule has 0 heterocycles. The predicted molar refractivity (Wildman–Crippen MR) is 63.0 cm³/mol. The average Bonchev–Trinajstić information content (AvgIpc) is 2.10. The first-order valence-electron chi connectivity index (χ1n) is 4.77. The number of nitrogens with zero attached hydrogens (tertiary/aromatic N) is 1.